The third-order valence-corrected chi connectivity index (χ3v) is 6.36. The van der Waals surface area contributed by atoms with Gasteiger partial charge in [0.2, 0.25) is 0 Å². The minimum atomic E-state index is -1.39. The number of unbranched alkanes of at least 4 members (excludes halogenated alkanes) is 1. The summed E-state index contributed by atoms with van der Waals surface area (Å²) in [5, 5.41) is 30.7. The van der Waals surface area contributed by atoms with Crippen molar-refractivity contribution in [1.29, 1.82) is 0 Å². The van der Waals surface area contributed by atoms with Gasteiger partial charge in [0, 0.05) is 23.7 Å². The lowest BCUT2D eigenvalue weighted by molar-refractivity contribution is -0.148. The third kappa shape index (κ3) is 5.72. The topological polar surface area (TPSA) is 116 Å². The van der Waals surface area contributed by atoms with Gasteiger partial charge in [0.15, 0.2) is 0 Å². The number of nitrogens with one attached hydrogen (secondary N) is 1. The summed E-state index contributed by atoms with van der Waals surface area (Å²) in [5.74, 6) is -2.21. The van der Waals surface area contributed by atoms with E-state index in [1.165, 1.54) is 18.2 Å². The molecule has 9 heteroatoms. The number of benzene rings is 2. The highest BCUT2D eigenvalue weighted by atomic mass is 19.1. The number of carboxylic acids is 1. The monoisotopic (exact) mass is 446 g/mol. The molecule has 0 heterocycles. The summed E-state index contributed by atoms with van der Waals surface area (Å²) in [6.07, 6.45) is 2.66. The largest absolute Gasteiger partial charge is 0.480 e. The molecule has 0 aromatic heterocycles. The van der Waals surface area contributed by atoms with E-state index in [0.29, 0.717) is 37.8 Å². The Morgan fingerprint density at radius 1 is 1.09 bits per heavy atom. The minimum Gasteiger partial charge on any atom is -0.480 e. The van der Waals surface area contributed by atoms with Crippen LogP contribution in [-0.4, -0.2) is 39.8 Å². The zero-order valence-corrected chi connectivity index (χ0v) is 17.8. The maximum atomic E-state index is 14.5. The second kappa shape index (κ2) is 10.5. The Hall–Kier alpha value is -2.33. The lowest BCUT2D eigenvalue weighted by atomic mass is 9.66. The van der Waals surface area contributed by atoms with Crippen LogP contribution in [0.4, 0.5) is 8.78 Å². The Labute approximate surface area is 186 Å². The lowest BCUT2D eigenvalue weighted by Crippen LogP contribution is -2.61. The molecule has 1 aliphatic carbocycles. The molecule has 1 atom stereocenters. The second-order valence-corrected chi connectivity index (χ2v) is 8.61. The van der Waals surface area contributed by atoms with Crippen LogP contribution in [-0.2, 0) is 11.3 Å². The predicted molar refractivity (Wildman–Crippen MR) is 119 cm³/mol. The fraction of sp³-hybridized carbons (Fsp3) is 0.435. The molecule has 1 unspecified atom stereocenters. The van der Waals surface area contributed by atoms with E-state index in [4.69, 9.17) is 15.8 Å². The second-order valence-electron chi connectivity index (χ2n) is 8.61. The van der Waals surface area contributed by atoms with E-state index in [1.54, 1.807) is 24.3 Å². The Balaban J connectivity index is 1.51. The number of nitrogens with two attached hydrogens (primary N) is 1. The fourth-order valence-electron chi connectivity index (χ4n) is 4.26. The molecule has 172 valence electrons. The van der Waals surface area contributed by atoms with Gasteiger partial charge in [0.05, 0.1) is 0 Å². The SMILES string of the molecule is NC(CCCCB(O)O)(C(=O)O)C1CC(NCc2ccc(-c3ccccc3F)c(F)c2)C1. The molecule has 1 saturated carbocycles. The molecule has 0 amide bonds. The number of rotatable bonds is 11. The van der Waals surface area contributed by atoms with Crippen molar-refractivity contribution in [2.24, 2.45) is 11.7 Å². The zero-order valence-electron chi connectivity index (χ0n) is 17.8. The van der Waals surface area contributed by atoms with Crippen LogP contribution in [0, 0.1) is 17.6 Å². The van der Waals surface area contributed by atoms with Gasteiger partial charge < -0.3 is 26.2 Å². The van der Waals surface area contributed by atoms with Crippen molar-refractivity contribution in [3.63, 3.8) is 0 Å². The predicted octanol–water partition coefficient (Wildman–Crippen LogP) is 2.93. The lowest BCUT2D eigenvalue weighted by Gasteiger charge is -2.45. The first-order valence-electron chi connectivity index (χ1n) is 10.9. The van der Waals surface area contributed by atoms with Crippen molar-refractivity contribution in [1.82, 2.24) is 5.32 Å². The van der Waals surface area contributed by atoms with Crippen LogP contribution in [0.15, 0.2) is 42.5 Å². The normalized spacial score (nSPS) is 19.8. The van der Waals surface area contributed by atoms with Gasteiger partial charge >= 0.3 is 13.1 Å². The molecular weight excluding hydrogens is 417 g/mol. The highest BCUT2D eigenvalue weighted by Crippen LogP contribution is 2.38. The molecular formula is C23H29BF2N2O4. The smallest absolute Gasteiger partial charge is 0.451 e. The van der Waals surface area contributed by atoms with Crippen LogP contribution in [0.2, 0.25) is 6.32 Å². The average molecular weight is 446 g/mol. The maximum Gasteiger partial charge on any atom is 0.451 e. The third-order valence-electron chi connectivity index (χ3n) is 6.36. The molecule has 0 aliphatic heterocycles. The standard InChI is InChI=1S/C23H29BF2N2O4/c25-20-6-2-1-5-18(20)19-8-7-15(11-21(19)26)14-28-17-12-16(13-17)23(27,22(29)30)9-3-4-10-24(31)32/h1-2,5-8,11,16-17,28,31-32H,3-4,9-10,12-14,27H2,(H,29,30). The molecule has 2 aromatic rings. The molecule has 0 saturated heterocycles. The van der Waals surface area contributed by atoms with Crippen LogP contribution < -0.4 is 11.1 Å². The number of aliphatic carboxylic acids is 1. The van der Waals surface area contributed by atoms with Crippen LogP contribution in [0.3, 0.4) is 0 Å². The molecule has 6 nitrogen and oxygen atoms in total. The van der Waals surface area contributed by atoms with Crippen molar-refractivity contribution in [2.45, 2.75) is 56.5 Å². The van der Waals surface area contributed by atoms with Gasteiger partial charge in [-0.25, -0.2) is 8.78 Å². The number of hydrogen-bond donors (Lipinski definition) is 5. The maximum absolute atomic E-state index is 14.5. The average Bonchev–Trinajstić information content (AvgIpc) is 2.70. The Kier molecular flexibility index (Phi) is 8.00. The van der Waals surface area contributed by atoms with Crippen molar-refractivity contribution < 1.29 is 28.7 Å². The van der Waals surface area contributed by atoms with Gasteiger partial charge in [0.1, 0.15) is 17.2 Å². The van der Waals surface area contributed by atoms with E-state index >= 15 is 0 Å². The number of halogens is 2. The summed E-state index contributed by atoms with van der Waals surface area (Å²) in [5.41, 5.74) is 6.00. The van der Waals surface area contributed by atoms with E-state index in [-0.39, 0.29) is 35.8 Å². The van der Waals surface area contributed by atoms with Crippen molar-refractivity contribution in [3.8, 4) is 11.1 Å². The van der Waals surface area contributed by atoms with Gasteiger partial charge in [-0.2, -0.15) is 0 Å². The van der Waals surface area contributed by atoms with Gasteiger partial charge in [-0.3, -0.25) is 4.79 Å². The van der Waals surface area contributed by atoms with Gasteiger partial charge in [-0.05, 0) is 49.2 Å². The number of hydrogen-bond acceptors (Lipinski definition) is 5. The molecule has 32 heavy (non-hydrogen) atoms. The van der Waals surface area contributed by atoms with Crippen molar-refractivity contribution in [3.05, 3.63) is 59.7 Å². The summed E-state index contributed by atoms with van der Waals surface area (Å²) in [4.78, 5) is 11.8. The highest BCUT2D eigenvalue weighted by molar-refractivity contribution is 6.40. The summed E-state index contributed by atoms with van der Waals surface area (Å²) in [6.45, 7) is 0.408. The first-order chi connectivity index (χ1) is 15.2. The summed E-state index contributed by atoms with van der Waals surface area (Å²) >= 11 is 0. The van der Waals surface area contributed by atoms with E-state index in [9.17, 15) is 18.7 Å². The van der Waals surface area contributed by atoms with E-state index in [0.717, 1.165) is 0 Å². The summed E-state index contributed by atoms with van der Waals surface area (Å²) < 4.78 is 28.5. The molecule has 0 spiro atoms. The van der Waals surface area contributed by atoms with Crippen LogP contribution >= 0.6 is 0 Å². The number of carbonyl (C=O) groups is 1. The molecule has 1 aliphatic rings. The van der Waals surface area contributed by atoms with Gasteiger partial charge in [-0.1, -0.05) is 43.2 Å². The molecule has 6 N–H and O–H groups in total. The van der Waals surface area contributed by atoms with E-state index in [2.05, 4.69) is 5.32 Å². The first kappa shape index (κ1) is 24.3. The minimum absolute atomic E-state index is 0.0795. The van der Waals surface area contributed by atoms with Crippen LogP contribution in [0.25, 0.3) is 11.1 Å². The molecule has 2 aromatic carbocycles. The highest BCUT2D eigenvalue weighted by Gasteiger charge is 2.48. The first-order valence-corrected chi connectivity index (χ1v) is 10.9. The van der Waals surface area contributed by atoms with Gasteiger partial charge in [-0.15, -0.1) is 0 Å². The van der Waals surface area contributed by atoms with E-state index in [1.807, 2.05) is 0 Å². The van der Waals surface area contributed by atoms with Crippen LogP contribution in [0.1, 0.15) is 37.7 Å². The molecule has 0 radical (unpaired) electrons. The Morgan fingerprint density at radius 2 is 1.78 bits per heavy atom. The zero-order chi connectivity index (χ0) is 23.3. The van der Waals surface area contributed by atoms with Crippen LogP contribution in [0.5, 0.6) is 0 Å². The molecule has 1 fully saturated rings. The quantitative estimate of drug-likeness (QED) is 0.268. The van der Waals surface area contributed by atoms with E-state index < -0.39 is 30.3 Å². The van der Waals surface area contributed by atoms with Crippen molar-refractivity contribution >= 4 is 13.1 Å². The summed E-state index contributed by atoms with van der Waals surface area (Å²) in [7, 11) is -1.39. The number of carboxylic acid groups (broad SMARTS) is 1. The molecule has 0 bridgehead atoms. The summed E-state index contributed by atoms with van der Waals surface area (Å²) in [6, 6.07) is 10.8. The molecule has 3 rings (SSSR count). The fourth-order valence-corrected chi connectivity index (χ4v) is 4.26. The Morgan fingerprint density at radius 3 is 2.41 bits per heavy atom. The van der Waals surface area contributed by atoms with Crippen molar-refractivity contribution in [2.75, 3.05) is 0 Å². The Bertz CT molecular complexity index is 940. The van der Waals surface area contributed by atoms with Gasteiger partial charge in [0.25, 0.3) is 0 Å².